The Hall–Kier alpha value is -7.83. The average molecular weight is 731 g/mol. The molecule has 0 N–H and O–H groups in total. The molecule has 0 aliphatic carbocycles. The Labute approximate surface area is 325 Å². The lowest BCUT2D eigenvalue weighted by Gasteiger charge is -2.08. The molecule has 0 bridgehead atoms. The van der Waals surface area contributed by atoms with E-state index in [1.807, 2.05) is 72.8 Å². The van der Waals surface area contributed by atoms with Gasteiger partial charge in [0.25, 0.3) is 0 Å². The van der Waals surface area contributed by atoms with Crippen LogP contribution >= 0.6 is 0 Å². The monoisotopic (exact) mass is 730 g/mol. The highest BCUT2D eigenvalue weighted by Crippen LogP contribution is 2.43. The smallest absolute Gasteiger partial charge is 0.167 e. The van der Waals surface area contributed by atoms with Crippen LogP contribution in [0.15, 0.2) is 191 Å². The van der Waals surface area contributed by atoms with Crippen LogP contribution in [0.1, 0.15) is 0 Å². The van der Waals surface area contributed by atoms with Gasteiger partial charge in [-0.25, -0.2) is 15.0 Å². The Balaban J connectivity index is 1.03. The SMILES string of the molecule is c1ccc(-c2nc(-c3ccccc3)nc(-c3cccc4c3oc3c(-c5cccc6c5oc5cc(-n7c8ccccc8c8ccccc87)ccc56)cccc34)n2)cc1. The molecular formula is C51H30N4O2. The van der Waals surface area contributed by atoms with Gasteiger partial charge in [0.05, 0.1) is 16.6 Å². The van der Waals surface area contributed by atoms with Gasteiger partial charge in [0, 0.05) is 66.3 Å². The summed E-state index contributed by atoms with van der Waals surface area (Å²) in [6, 6.07) is 62.6. The maximum absolute atomic E-state index is 6.94. The van der Waals surface area contributed by atoms with Gasteiger partial charge in [-0.2, -0.15) is 0 Å². The van der Waals surface area contributed by atoms with E-state index >= 15 is 0 Å². The van der Waals surface area contributed by atoms with Crippen molar-refractivity contribution < 1.29 is 8.83 Å². The van der Waals surface area contributed by atoms with E-state index in [1.165, 1.54) is 10.8 Å². The quantitative estimate of drug-likeness (QED) is 0.176. The van der Waals surface area contributed by atoms with Crippen LogP contribution in [-0.4, -0.2) is 19.5 Å². The van der Waals surface area contributed by atoms with Gasteiger partial charge in [-0.05, 0) is 30.3 Å². The third kappa shape index (κ3) is 4.87. The van der Waals surface area contributed by atoms with Gasteiger partial charge in [-0.1, -0.05) is 146 Å². The van der Waals surface area contributed by atoms with Crippen molar-refractivity contribution in [3.8, 4) is 51.0 Å². The van der Waals surface area contributed by atoms with Gasteiger partial charge in [0.15, 0.2) is 17.5 Å². The van der Waals surface area contributed by atoms with Crippen LogP contribution in [0.25, 0.3) is 117 Å². The molecule has 0 aliphatic heterocycles. The first-order valence-electron chi connectivity index (χ1n) is 19.0. The van der Waals surface area contributed by atoms with Crippen molar-refractivity contribution in [2.45, 2.75) is 0 Å². The molecule has 266 valence electrons. The summed E-state index contributed by atoms with van der Waals surface area (Å²) < 4.78 is 16.1. The number of nitrogens with zero attached hydrogens (tertiary/aromatic N) is 4. The standard InChI is InChI=1S/C51H30N4O2/c1-3-14-31(15-4-1)49-52-50(32-16-5-2-6-17-32)54-51(53-49)42-25-13-24-41-40-23-12-22-39(47(40)57-48(41)42)38-21-11-20-37-36-29-28-33(30-45(36)56-46(37)38)55-43-26-9-7-18-34(43)35-19-8-10-27-44(35)55/h1-30H. The highest BCUT2D eigenvalue weighted by atomic mass is 16.3. The highest BCUT2D eigenvalue weighted by molar-refractivity contribution is 6.16. The average Bonchev–Trinajstić information content (AvgIpc) is 3.96. The number of hydrogen-bond acceptors (Lipinski definition) is 5. The second kappa shape index (κ2) is 12.3. The summed E-state index contributed by atoms with van der Waals surface area (Å²) in [4.78, 5) is 15.0. The second-order valence-electron chi connectivity index (χ2n) is 14.3. The van der Waals surface area contributed by atoms with Crippen LogP contribution in [0.5, 0.6) is 0 Å². The molecule has 57 heavy (non-hydrogen) atoms. The Morgan fingerprint density at radius 2 is 0.789 bits per heavy atom. The van der Waals surface area contributed by atoms with E-state index < -0.39 is 0 Å². The Bertz CT molecular complexity index is 3410. The second-order valence-corrected chi connectivity index (χ2v) is 14.3. The zero-order chi connectivity index (χ0) is 37.5. The van der Waals surface area contributed by atoms with Gasteiger partial charge < -0.3 is 13.4 Å². The molecule has 4 heterocycles. The summed E-state index contributed by atoms with van der Waals surface area (Å²) in [5.41, 5.74) is 11.1. The summed E-state index contributed by atoms with van der Waals surface area (Å²) >= 11 is 0. The molecule has 0 atom stereocenters. The largest absolute Gasteiger partial charge is 0.455 e. The van der Waals surface area contributed by atoms with Gasteiger partial charge in [0.2, 0.25) is 0 Å². The van der Waals surface area contributed by atoms with Crippen molar-refractivity contribution in [2.75, 3.05) is 0 Å². The van der Waals surface area contributed by atoms with Gasteiger partial charge in [0.1, 0.15) is 22.3 Å². The van der Waals surface area contributed by atoms with Crippen LogP contribution in [0.3, 0.4) is 0 Å². The van der Waals surface area contributed by atoms with Crippen LogP contribution in [0, 0.1) is 0 Å². The number of hydrogen-bond donors (Lipinski definition) is 0. The molecule has 0 saturated carbocycles. The maximum atomic E-state index is 6.94. The Morgan fingerprint density at radius 1 is 0.333 bits per heavy atom. The van der Waals surface area contributed by atoms with Crippen molar-refractivity contribution in [3.63, 3.8) is 0 Å². The first-order chi connectivity index (χ1) is 28.3. The van der Waals surface area contributed by atoms with Crippen molar-refractivity contribution in [1.29, 1.82) is 0 Å². The normalized spacial score (nSPS) is 11.9. The lowest BCUT2D eigenvalue weighted by atomic mass is 9.99. The molecule has 0 radical (unpaired) electrons. The summed E-state index contributed by atoms with van der Waals surface area (Å²) in [7, 11) is 0. The van der Waals surface area contributed by atoms with Gasteiger partial charge >= 0.3 is 0 Å². The van der Waals surface area contributed by atoms with Crippen LogP contribution in [-0.2, 0) is 0 Å². The van der Waals surface area contributed by atoms with E-state index in [4.69, 9.17) is 23.8 Å². The molecule has 0 fully saturated rings. The first-order valence-corrected chi connectivity index (χ1v) is 19.0. The number of fused-ring (bicyclic) bond motifs is 9. The Kier molecular flexibility index (Phi) is 6.83. The van der Waals surface area contributed by atoms with Crippen molar-refractivity contribution in [2.24, 2.45) is 0 Å². The molecule has 6 nitrogen and oxygen atoms in total. The molecule has 0 aliphatic rings. The number of rotatable bonds is 5. The van der Waals surface area contributed by atoms with Gasteiger partial charge in [-0.3, -0.25) is 0 Å². The zero-order valence-corrected chi connectivity index (χ0v) is 30.4. The molecular weight excluding hydrogens is 701 g/mol. The van der Waals surface area contributed by atoms with E-state index in [0.717, 1.165) is 88.4 Å². The van der Waals surface area contributed by atoms with E-state index in [9.17, 15) is 0 Å². The van der Waals surface area contributed by atoms with E-state index in [0.29, 0.717) is 17.5 Å². The third-order valence-electron chi connectivity index (χ3n) is 11.1. The minimum absolute atomic E-state index is 0.548. The van der Waals surface area contributed by atoms with Gasteiger partial charge in [-0.15, -0.1) is 0 Å². The van der Waals surface area contributed by atoms with Crippen LogP contribution in [0.4, 0.5) is 0 Å². The van der Waals surface area contributed by atoms with E-state index in [2.05, 4.69) is 114 Å². The maximum Gasteiger partial charge on any atom is 0.167 e. The van der Waals surface area contributed by atoms with Crippen LogP contribution in [0.2, 0.25) is 0 Å². The molecule has 4 aromatic heterocycles. The predicted molar refractivity (Wildman–Crippen MR) is 230 cm³/mol. The molecule has 0 unspecified atom stereocenters. The molecule has 0 spiro atoms. The molecule has 12 aromatic rings. The molecule has 8 aromatic carbocycles. The number of furan rings is 2. The predicted octanol–water partition coefficient (Wildman–Crippen LogP) is 13.4. The fraction of sp³-hybridized carbons (Fsp3) is 0. The number of para-hydroxylation sites is 5. The lowest BCUT2D eigenvalue weighted by molar-refractivity contribution is 0.665. The Morgan fingerprint density at radius 3 is 1.39 bits per heavy atom. The summed E-state index contributed by atoms with van der Waals surface area (Å²) in [5.74, 6) is 1.75. The minimum Gasteiger partial charge on any atom is -0.455 e. The molecule has 6 heteroatoms. The number of aromatic nitrogens is 4. The van der Waals surface area contributed by atoms with Crippen LogP contribution < -0.4 is 0 Å². The summed E-state index contributed by atoms with van der Waals surface area (Å²) in [6.45, 7) is 0. The fourth-order valence-electron chi connectivity index (χ4n) is 8.48. The molecule has 0 saturated heterocycles. The fourth-order valence-corrected chi connectivity index (χ4v) is 8.48. The third-order valence-corrected chi connectivity index (χ3v) is 11.1. The summed E-state index contributed by atoms with van der Waals surface area (Å²) in [6.07, 6.45) is 0. The van der Waals surface area contributed by atoms with Crippen molar-refractivity contribution >= 4 is 65.7 Å². The molecule has 0 amide bonds. The van der Waals surface area contributed by atoms with E-state index in [-0.39, 0.29) is 0 Å². The zero-order valence-electron chi connectivity index (χ0n) is 30.4. The summed E-state index contributed by atoms with van der Waals surface area (Å²) in [5, 5.41) is 6.56. The lowest BCUT2D eigenvalue weighted by Crippen LogP contribution is -2.00. The van der Waals surface area contributed by atoms with E-state index in [1.54, 1.807) is 0 Å². The first kappa shape index (κ1) is 31.5. The molecule has 12 rings (SSSR count). The minimum atomic E-state index is 0.548. The number of benzene rings is 8. The topological polar surface area (TPSA) is 69.9 Å². The van der Waals surface area contributed by atoms with Crippen molar-refractivity contribution in [1.82, 2.24) is 19.5 Å². The highest BCUT2D eigenvalue weighted by Gasteiger charge is 2.22. The van der Waals surface area contributed by atoms with Crippen molar-refractivity contribution in [3.05, 3.63) is 182 Å².